The normalized spacial score (nSPS) is 16.3. The van der Waals surface area contributed by atoms with Crippen LogP contribution in [-0.2, 0) is 23.2 Å². The molecule has 1 aromatic heterocycles. The third kappa shape index (κ3) is 4.30. The molecule has 2 aliphatic heterocycles. The van der Waals surface area contributed by atoms with Crippen LogP contribution in [0.3, 0.4) is 0 Å². The van der Waals surface area contributed by atoms with Gasteiger partial charge in [0.1, 0.15) is 11.9 Å². The molecule has 2 aliphatic rings. The fourth-order valence-electron chi connectivity index (χ4n) is 4.88. The van der Waals surface area contributed by atoms with Crippen molar-refractivity contribution in [2.45, 2.75) is 38.5 Å². The molecule has 0 fully saturated rings. The van der Waals surface area contributed by atoms with Crippen LogP contribution >= 0.6 is 0 Å². The minimum absolute atomic E-state index is 0.264. The number of aromatic amines is 1. The molecule has 0 saturated carbocycles. The first-order valence-electron chi connectivity index (χ1n) is 12.1. The Morgan fingerprint density at radius 2 is 1.97 bits per heavy atom. The number of benzene rings is 2. The Balaban J connectivity index is 1.35. The van der Waals surface area contributed by atoms with E-state index in [-0.39, 0.29) is 12.5 Å². The molecule has 2 amide bonds. The van der Waals surface area contributed by atoms with Gasteiger partial charge < -0.3 is 19.7 Å². The summed E-state index contributed by atoms with van der Waals surface area (Å²) in [6.07, 6.45) is -0.0510. The minimum atomic E-state index is -0.696. The number of fused-ring (bicyclic) bond motifs is 2. The Bertz CT molecular complexity index is 1280. The molecule has 3 heterocycles. The van der Waals surface area contributed by atoms with Gasteiger partial charge in [-0.15, -0.1) is 0 Å². The van der Waals surface area contributed by atoms with E-state index in [0.717, 1.165) is 28.8 Å². The maximum atomic E-state index is 13.4. The van der Waals surface area contributed by atoms with E-state index in [9.17, 15) is 9.59 Å². The van der Waals surface area contributed by atoms with Gasteiger partial charge in [0.15, 0.2) is 5.82 Å². The van der Waals surface area contributed by atoms with E-state index in [1.54, 1.807) is 11.0 Å². The van der Waals surface area contributed by atoms with Gasteiger partial charge in [-0.2, -0.15) is 5.10 Å². The highest BCUT2D eigenvalue weighted by Gasteiger charge is 2.45. The Labute approximate surface area is 210 Å². The lowest BCUT2D eigenvalue weighted by Gasteiger charge is -2.33. The highest BCUT2D eigenvalue weighted by atomic mass is 16.6. The fraction of sp³-hybridized carbons (Fsp3) is 0.370. The Morgan fingerprint density at radius 1 is 1.19 bits per heavy atom. The van der Waals surface area contributed by atoms with Crippen molar-refractivity contribution in [1.82, 2.24) is 20.0 Å². The second-order valence-corrected chi connectivity index (χ2v) is 9.96. The van der Waals surface area contributed by atoms with Crippen LogP contribution in [0.5, 0.6) is 5.75 Å². The van der Waals surface area contributed by atoms with E-state index in [1.807, 2.05) is 75.3 Å². The molecule has 2 aromatic carbocycles. The zero-order valence-electron chi connectivity index (χ0n) is 21.0. The Kier molecular flexibility index (Phi) is 6.17. The number of amides is 2. The van der Waals surface area contributed by atoms with Crippen LogP contribution in [0.2, 0.25) is 0 Å². The number of hydrogen-bond acceptors (Lipinski definition) is 6. The maximum Gasteiger partial charge on any atom is 0.411 e. The summed E-state index contributed by atoms with van der Waals surface area (Å²) in [5.41, 5.74) is 3.28. The molecule has 188 valence electrons. The molecular formula is C27H31N5O4. The molecule has 9 heteroatoms. The van der Waals surface area contributed by atoms with Gasteiger partial charge in [-0.3, -0.25) is 14.8 Å². The van der Waals surface area contributed by atoms with Gasteiger partial charge in [0.05, 0.1) is 29.9 Å². The maximum absolute atomic E-state index is 13.4. The molecule has 1 atom stereocenters. The van der Waals surface area contributed by atoms with Crippen molar-refractivity contribution in [3.05, 3.63) is 76.5 Å². The van der Waals surface area contributed by atoms with Crippen molar-refractivity contribution in [3.8, 4) is 5.75 Å². The second-order valence-electron chi connectivity index (χ2n) is 9.96. The molecule has 0 unspecified atom stereocenters. The number of anilines is 1. The molecule has 0 saturated heterocycles. The summed E-state index contributed by atoms with van der Waals surface area (Å²) >= 11 is 0. The molecule has 3 aromatic rings. The van der Waals surface area contributed by atoms with Gasteiger partial charge in [-0.1, -0.05) is 42.5 Å². The first-order valence-corrected chi connectivity index (χ1v) is 12.1. The van der Waals surface area contributed by atoms with Crippen LogP contribution in [-0.4, -0.2) is 59.2 Å². The summed E-state index contributed by atoms with van der Waals surface area (Å²) in [6.45, 7) is 5.26. The number of carbonyl (C=O) groups is 2. The number of carbonyl (C=O) groups excluding carboxylic acids is 2. The first kappa shape index (κ1) is 23.9. The van der Waals surface area contributed by atoms with Crippen molar-refractivity contribution in [2.24, 2.45) is 0 Å². The van der Waals surface area contributed by atoms with E-state index < -0.39 is 17.7 Å². The first-order chi connectivity index (χ1) is 17.3. The molecule has 9 nitrogen and oxygen atoms in total. The largest absolute Gasteiger partial charge is 0.492 e. The zero-order valence-corrected chi connectivity index (χ0v) is 21.0. The van der Waals surface area contributed by atoms with Gasteiger partial charge in [0.25, 0.3) is 5.91 Å². The van der Waals surface area contributed by atoms with Crippen molar-refractivity contribution in [3.63, 3.8) is 0 Å². The van der Waals surface area contributed by atoms with Gasteiger partial charge in [0, 0.05) is 18.5 Å². The number of likely N-dealkylation sites (N-methyl/N-ethyl adjacent to an activating group) is 1. The molecule has 0 spiro atoms. The average Bonchev–Trinajstić information content (AvgIpc) is 3.55. The van der Waals surface area contributed by atoms with E-state index in [4.69, 9.17) is 9.47 Å². The number of hydrogen-bond donors (Lipinski definition) is 2. The zero-order chi connectivity index (χ0) is 25.4. The lowest BCUT2D eigenvalue weighted by Crippen LogP contribution is -2.42. The number of ether oxygens (including phenoxy) is 2. The SMILES string of the molecule is CN(C)C[C@@H](OC(=O)N1Cc2c(NC(=O)c3cccc4c3OCC4)n[nH]c2C1(C)C)c1ccccc1. The van der Waals surface area contributed by atoms with Gasteiger partial charge in [-0.05, 0) is 45.1 Å². The number of nitrogens with zero attached hydrogens (tertiary/aromatic N) is 3. The van der Waals surface area contributed by atoms with E-state index >= 15 is 0 Å². The second kappa shape index (κ2) is 9.31. The third-order valence-corrected chi connectivity index (χ3v) is 6.83. The minimum Gasteiger partial charge on any atom is -0.492 e. The van der Waals surface area contributed by atoms with Crippen LogP contribution in [0.4, 0.5) is 10.6 Å². The van der Waals surface area contributed by atoms with Crippen molar-refractivity contribution in [2.75, 3.05) is 32.6 Å². The topological polar surface area (TPSA) is 99.8 Å². The molecule has 0 radical (unpaired) electrons. The molecule has 0 bridgehead atoms. The van der Waals surface area contributed by atoms with Crippen molar-refractivity contribution in [1.29, 1.82) is 0 Å². The predicted octanol–water partition coefficient (Wildman–Crippen LogP) is 4.09. The number of para-hydroxylation sites is 1. The van der Waals surface area contributed by atoms with Crippen LogP contribution in [0.1, 0.15) is 52.7 Å². The highest BCUT2D eigenvalue weighted by molar-refractivity contribution is 6.06. The Hall–Kier alpha value is -3.85. The lowest BCUT2D eigenvalue weighted by molar-refractivity contribution is 0.0259. The smallest absolute Gasteiger partial charge is 0.411 e. The summed E-state index contributed by atoms with van der Waals surface area (Å²) in [7, 11) is 3.89. The van der Waals surface area contributed by atoms with Crippen LogP contribution in [0, 0.1) is 0 Å². The third-order valence-electron chi connectivity index (χ3n) is 6.83. The molecule has 0 aliphatic carbocycles. The van der Waals surface area contributed by atoms with E-state index in [0.29, 0.717) is 30.3 Å². The van der Waals surface area contributed by atoms with Crippen molar-refractivity contribution >= 4 is 17.8 Å². The predicted molar refractivity (Wildman–Crippen MR) is 135 cm³/mol. The summed E-state index contributed by atoms with van der Waals surface area (Å²) < 4.78 is 11.7. The van der Waals surface area contributed by atoms with Crippen molar-refractivity contribution < 1.29 is 19.1 Å². The monoisotopic (exact) mass is 489 g/mol. The number of H-pyrrole nitrogens is 1. The number of nitrogens with one attached hydrogen (secondary N) is 2. The van der Waals surface area contributed by atoms with Gasteiger partial charge in [-0.25, -0.2) is 4.79 Å². The summed E-state index contributed by atoms with van der Waals surface area (Å²) in [4.78, 5) is 30.2. The standard InChI is InChI=1S/C27H31N5O4/c1-27(2)23-20(15-32(27)26(34)36-21(16-31(3)4)17-9-6-5-7-10-17)24(30-29-23)28-25(33)19-12-8-11-18-13-14-35-22(18)19/h5-12,21H,13-16H2,1-4H3,(H2,28,29,30,33)/t21-/m1/s1. The average molecular weight is 490 g/mol. The van der Waals surface area contributed by atoms with Gasteiger partial charge >= 0.3 is 6.09 Å². The fourth-order valence-corrected chi connectivity index (χ4v) is 4.88. The molecule has 36 heavy (non-hydrogen) atoms. The molecular weight excluding hydrogens is 458 g/mol. The van der Waals surface area contributed by atoms with E-state index in [2.05, 4.69) is 15.5 Å². The van der Waals surface area contributed by atoms with E-state index in [1.165, 1.54) is 0 Å². The highest BCUT2D eigenvalue weighted by Crippen LogP contribution is 2.41. The van der Waals surface area contributed by atoms with Gasteiger partial charge in [0.2, 0.25) is 0 Å². The van der Waals surface area contributed by atoms with Crippen LogP contribution in [0.15, 0.2) is 48.5 Å². The quantitative estimate of drug-likeness (QED) is 0.541. The van der Waals surface area contributed by atoms with Crippen LogP contribution in [0.25, 0.3) is 0 Å². The number of aromatic nitrogens is 2. The Morgan fingerprint density at radius 3 is 2.72 bits per heavy atom. The summed E-state index contributed by atoms with van der Waals surface area (Å²) in [5.74, 6) is 0.736. The lowest BCUT2D eigenvalue weighted by atomic mass is 10.0. The summed E-state index contributed by atoms with van der Waals surface area (Å²) in [6, 6.07) is 15.3. The summed E-state index contributed by atoms with van der Waals surface area (Å²) in [5, 5.41) is 10.3. The molecule has 5 rings (SSSR count). The number of rotatable bonds is 6. The molecule has 2 N–H and O–H groups in total. The van der Waals surface area contributed by atoms with Crippen LogP contribution < -0.4 is 10.1 Å².